The molecule has 3 nitrogen and oxygen atoms in total. The van der Waals surface area contributed by atoms with Gasteiger partial charge in [-0.25, -0.2) is 4.98 Å². The third-order valence-corrected chi connectivity index (χ3v) is 4.47. The first-order valence-corrected chi connectivity index (χ1v) is 7.92. The molecule has 1 aromatic heterocycles. The van der Waals surface area contributed by atoms with E-state index in [0.29, 0.717) is 0 Å². The molecule has 2 aromatic rings. The Bertz CT molecular complexity index is 542. The third-order valence-electron chi connectivity index (χ3n) is 2.85. The first kappa shape index (κ1) is 14.5. The van der Waals surface area contributed by atoms with Crippen LogP contribution in [0.25, 0.3) is 0 Å². The highest BCUT2D eigenvalue weighted by Gasteiger charge is 2.04. The van der Waals surface area contributed by atoms with Gasteiger partial charge in [0.05, 0.1) is 12.0 Å². The molecule has 0 aliphatic carbocycles. The second kappa shape index (κ2) is 7.01. The fraction of sp³-hybridized carbons (Fsp3) is 0.357. The molecule has 0 saturated heterocycles. The van der Waals surface area contributed by atoms with Gasteiger partial charge in [-0.1, -0.05) is 15.9 Å². The van der Waals surface area contributed by atoms with E-state index in [0.717, 1.165) is 34.8 Å². The highest BCUT2D eigenvalue weighted by atomic mass is 79.9. The van der Waals surface area contributed by atoms with Gasteiger partial charge in [-0.15, -0.1) is 11.8 Å². The van der Waals surface area contributed by atoms with Crippen LogP contribution in [0.4, 0.5) is 0 Å². The van der Waals surface area contributed by atoms with Crippen molar-refractivity contribution in [1.82, 2.24) is 9.55 Å². The lowest BCUT2D eigenvalue weighted by Crippen LogP contribution is -2.00. The van der Waals surface area contributed by atoms with E-state index in [-0.39, 0.29) is 0 Å². The molecule has 0 radical (unpaired) electrons. The number of aromatic nitrogens is 2. The molecule has 0 amide bonds. The molecule has 0 spiro atoms. The van der Waals surface area contributed by atoms with Gasteiger partial charge in [-0.3, -0.25) is 0 Å². The van der Waals surface area contributed by atoms with Crippen molar-refractivity contribution in [2.45, 2.75) is 24.8 Å². The van der Waals surface area contributed by atoms with Crippen LogP contribution in [0.15, 0.2) is 40.0 Å². The average Bonchev–Trinajstić information content (AvgIpc) is 2.80. The van der Waals surface area contributed by atoms with Gasteiger partial charge in [-0.2, -0.15) is 0 Å². The molecule has 1 heterocycles. The summed E-state index contributed by atoms with van der Waals surface area (Å²) in [6, 6.07) is 6.09. The van der Waals surface area contributed by atoms with Crippen LogP contribution >= 0.6 is 27.7 Å². The molecule has 0 aliphatic heterocycles. The Labute approximate surface area is 126 Å². The highest BCUT2D eigenvalue weighted by Crippen LogP contribution is 2.32. The zero-order valence-corrected chi connectivity index (χ0v) is 13.5. The molecule has 2 rings (SSSR count). The average molecular weight is 341 g/mol. The van der Waals surface area contributed by atoms with Crippen LogP contribution in [0.1, 0.15) is 12.2 Å². The van der Waals surface area contributed by atoms with E-state index < -0.39 is 0 Å². The van der Waals surface area contributed by atoms with Crippen molar-refractivity contribution >= 4 is 27.7 Å². The minimum absolute atomic E-state index is 0.937. The van der Waals surface area contributed by atoms with Crippen LogP contribution < -0.4 is 4.74 Å². The number of halogens is 1. The molecule has 0 N–H and O–H groups in total. The van der Waals surface area contributed by atoms with E-state index >= 15 is 0 Å². The van der Waals surface area contributed by atoms with Gasteiger partial charge in [0.1, 0.15) is 11.6 Å². The Balaban J connectivity index is 1.86. The number of benzene rings is 1. The molecule has 0 fully saturated rings. The topological polar surface area (TPSA) is 27.1 Å². The van der Waals surface area contributed by atoms with Crippen LogP contribution in [-0.4, -0.2) is 22.4 Å². The monoisotopic (exact) mass is 340 g/mol. The Morgan fingerprint density at radius 1 is 1.42 bits per heavy atom. The van der Waals surface area contributed by atoms with Crippen molar-refractivity contribution in [1.29, 1.82) is 0 Å². The van der Waals surface area contributed by atoms with Crippen LogP contribution in [0.5, 0.6) is 5.75 Å². The Morgan fingerprint density at radius 2 is 2.26 bits per heavy atom. The summed E-state index contributed by atoms with van der Waals surface area (Å²) in [6.07, 6.45) is 4.98. The van der Waals surface area contributed by atoms with E-state index in [2.05, 4.69) is 31.5 Å². The van der Waals surface area contributed by atoms with Crippen LogP contribution in [-0.2, 0) is 6.54 Å². The summed E-state index contributed by atoms with van der Waals surface area (Å²) < 4.78 is 8.63. The summed E-state index contributed by atoms with van der Waals surface area (Å²) >= 11 is 5.32. The van der Waals surface area contributed by atoms with Gasteiger partial charge in [0.2, 0.25) is 0 Å². The maximum Gasteiger partial charge on any atom is 0.132 e. The lowest BCUT2D eigenvalue weighted by atomic mass is 10.3. The summed E-state index contributed by atoms with van der Waals surface area (Å²) in [6.45, 7) is 3.04. The zero-order chi connectivity index (χ0) is 13.7. The first-order chi connectivity index (χ1) is 9.20. The quantitative estimate of drug-likeness (QED) is 0.584. The number of nitrogens with zero attached hydrogens (tertiary/aromatic N) is 2. The van der Waals surface area contributed by atoms with Crippen molar-refractivity contribution in [3.05, 3.63) is 40.9 Å². The van der Waals surface area contributed by atoms with Gasteiger partial charge in [0.15, 0.2) is 0 Å². The molecule has 0 atom stereocenters. The maximum absolute atomic E-state index is 5.37. The molecular weight excluding hydrogens is 324 g/mol. The lowest BCUT2D eigenvalue weighted by molar-refractivity contribution is 0.404. The summed E-state index contributed by atoms with van der Waals surface area (Å²) in [5.74, 6) is 3.07. The number of rotatable bonds is 6. The molecule has 0 bridgehead atoms. The lowest BCUT2D eigenvalue weighted by Gasteiger charge is -2.09. The van der Waals surface area contributed by atoms with Crippen molar-refractivity contribution < 1.29 is 4.74 Å². The Hall–Kier alpha value is -0.940. The Morgan fingerprint density at radius 3 is 2.95 bits per heavy atom. The summed E-state index contributed by atoms with van der Waals surface area (Å²) in [5, 5.41) is 0. The van der Waals surface area contributed by atoms with Gasteiger partial charge in [0.25, 0.3) is 0 Å². The van der Waals surface area contributed by atoms with Crippen molar-refractivity contribution in [2.75, 3.05) is 12.9 Å². The third kappa shape index (κ3) is 4.01. The molecule has 5 heteroatoms. The molecular formula is C14H17BrN2OS. The molecule has 19 heavy (non-hydrogen) atoms. The SMILES string of the molecule is COc1ccc(Br)cc1SCCCn1ccnc1C. The number of methoxy groups -OCH3 is 1. The molecule has 102 valence electrons. The van der Waals surface area contributed by atoms with Crippen LogP contribution in [0, 0.1) is 6.92 Å². The number of hydrogen-bond donors (Lipinski definition) is 0. The minimum atomic E-state index is 0.937. The van der Waals surface area contributed by atoms with Crippen molar-refractivity contribution in [3.63, 3.8) is 0 Å². The molecule has 0 unspecified atom stereocenters. The Kier molecular flexibility index (Phi) is 5.34. The molecule has 0 aliphatic rings. The second-order valence-corrected chi connectivity index (χ2v) is 6.22. The van der Waals surface area contributed by atoms with Crippen LogP contribution in [0.2, 0.25) is 0 Å². The van der Waals surface area contributed by atoms with Crippen molar-refractivity contribution in [2.24, 2.45) is 0 Å². The number of ether oxygens (including phenoxy) is 1. The van der Waals surface area contributed by atoms with Gasteiger partial charge in [0, 0.05) is 23.4 Å². The van der Waals surface area contributed by atoms with E-state index in [1.807, 2.05) is 43.2 Å². The summed E-state index contributed by atoms with van der Waals surface area (Å²) in [7, 11) is 1.71. The summed E-state index contributed by atoms with van der Waals surface area (Å²) in [4.78, 5) is 5.40. The standard InChI is InChI=1S/C14H17BrN2OS/c1-11-16-6-8-17(11)7-3-9-19-14-10-12(15)4-5-13(14)18-2/h4-6,8,10H,3,7,9H2,1-2H3. The predicted octanol–water partition coefficient (Wildman–Crippen LogP) is 4.15. The first-order valence-electron chi connectivity index (χ1n) is 6.15. The number of aryl methyl sites for hydroxylation is 2. The highest BCUT2D eigenvalue weighted by molar-refractivity contribution is 9.10. The van der Waals surface area contributed by atoms with E-state index in [9.17, 15) is 0 Å². The van der Waals surface area contributed by atoms with Gasteiger partial charge in [-0.05, 0) is 37.3 Å². The number of hydrogen-bond acceptors (Lipinski definition) is 3. The maximum atomic E-state index is 5.37. The van der Waals surface area contributed by atoms with Crippen molar-refractivity contribution in [3.8, 4) is 5.75 Å². The molecule has 0 saturated carbocycles. The normalized spacial score (nSPS) is 10.7. The largest absolute Gasteiger partial charge is 0.496 e. The van der Waals surface area contributed by atoms with Gasteiger partial charge < -0.3 is 9.30 Å². The zero-order valence-electron chi connectivity index (χ0n) is 11.1. The fourth-order valence-electron chi connectivity index (χ4n) is 1.82. The fourth-order valence-corrected chi connectivity index (χ4v) is 3.33. The van der Waals surface area contributed by atoms with E-state index in [1.54, 1.807) is 7.11 Å². The predicted molar refractivity (Wildman–Crippen MR) is 83.0 cm³/mol. The second-order valence-electron chi connectivity index (χ2n) is 4.17. The summed E-state index contributed by atoms with van der Waals surface area (Å²) in [5.41, 5.74) is 0. The number of thioether (sulfide) groups is 1. The minimum Gasteiger partial charge on any atom is -0.496 e. The van der Waals surface area contributed by atoms with E-state index in [1.165, 1.54) is 4.90 Å². The molecule has 1 aromatic carbocycles. The number of imidazole rings is 1. The van der Waals surface area contributed by atoms with Gasteiger partial charge >= 0.3 is 0 Å². The van der Waals surface area contributed by atoms with E-state index in [4.69, 9.17) is 4.74 Å². The smallest absolute Gasteiger partial charge is 0.132 e. The van der Waals surface area contributed by atoms with Crippen LogP contribution in [0.3, 0.4) is 0 Å².